The molecule has 0 aliphatic heterocycles. The first-order chi connectivity index (χ1) is 5.77. The molecule has 3 heteroatoms. The Kier molecular flexibility index (Phi) is 1.50. The molecule has 0 bridgehead atoms. The van der Waals surface area contributed by atoms with Crippen molar-refractivity contribution in [2.45, 2.75) is 0 Å². The quantitative estimate of drug-likeness (QED) is 0.584. The zero-order chi connectivity index (χ0) is 8.55. The Labute approximate surface area is 67.7 Å². The molecule has 0 radical (unpaired) electrons. The van der Waals surface area contributed by atoms with Crippen LogP contribution in [-0.4, -0.2) is 4.98 Å². The van der Waals surface area contributed by atoms with Crippen LogP contribution in [0.15, 0.2) is 30.5 Å². The van der Waals surface area contributed by atoms with Gasteiger partial charge in [0, 0.05) is 17.6 Å². The average Bonchev–Trinajstić information content (AvgIpc) is 2.04. The first-order valence-corrected chi connectivity index (χ1v) is 3.47. The maximum atomic E-state index is 12.9. The van der Waals surface area contributed by atoms with E-state index < -0.39 is 11.6 Å². The van der Waals surface area contributed by atoms with Crippen LogP contribution in [0.25, 0.3) is 10.9 Å². The highest BCUT2D eigenvalue weighted by atomic mass is 19.1. The van der Waals surface area contributed by atoms with Gasteiger partial charge in [-0.3, -0.25) is 4.98 Å². The van der Waals surface area contributed by atoms with Gasteiger partial charge in [-0.1, -0.05) is 6.07 Å². The lowest BCUT2D eigenvalue weighted by atomic mass is 10.2. The van der Waals surface area contributed by atoms with Crippen LogP contribution >= 0.6 is 0 Å². The second-order valence-electron chi connectivity index (χ2n) is 2.46. The number of nitrogens with zero attached hydrogens (tertiary/aromatic N) is 1. The molecule has 12 heavy (non-hydrogen) atoms. The summed E-state index contributed by atoms with van der Waals surface area (Å²) in [4.78, 5) is 3.78. The van der Waals surface area contributed by atoms with Gasteiger partial charge < -0.3 is 0 Å². The number of aromatic nitrogens is 1. The standard InChI is InChI=1S/C9H5F2N/c10-7-4-6-2-1-3-12-9(6)8(11)5-7/h1-5H. The predicted octanol–water partition coefficient (Wildman–Crippen LogP) is 2.51. The van der Waals surface area contributed by atoms with E-state index in [0.29, 0.717) is 5.39 Å². The van der Waals surface area contributed by atoms with Crippen LogP contribution in [0, 0.1) is 11.6 Å². The second-order valence-corrected chi connectivity index (χ2v) is 2.46. The monoisotopic (exact) mass is 165 g/mol. The SMILES string of the molecule is Fc1cc(F)c2ncccc2c1. The fourth-order valence-electron chi connectivity index (χ4n) is 1.11. The van der Waals surface area contributed by atoms with E-state index in [0.717, 1.165) is 6.07 Å². The molecule has 0 aliphatic rings. The average molecular weight is 165 g/mol. The topological polar surface area (TPSA) is 12.9 Å². The minimum atomic E-state index is -0.620. The van der Waals surface area contributed by atoms with Crippen molar-refractivity contribution in [3.63, 3.8) is 0 Å². The molecule has 0 unspecified atom stereocenters. The first kappa shape index (κ1) is 7.16. The highest BCUT2D eigenvalue weighted by Crippen LogP contribution is 2.16. The summed E-state index contributed by atoms with van der Waals surface area (Å²) in [6, 6.07) is 5.34. The molecule has 2 rings (SSSR count). The summed E-state index contributed by atoms with van der Waals surface area (Å²) < 4.78 is 25.6. The number of pyridine rings is 1. The molecule has 0 atom stereocenters. The molecule has 0 aliphatic carbocycles. The summed E-state index contributed by atoms with van der Waals surface area (Å²) in [5.41, 5.74) is 0.207. The highest BCUT2D eigenvalue weighted by Gasteiger charge is 2.02. The Morgan fingerprint density at radius 3 is 2.83 bits per heavy atom. The summed E-state index contributed by atoms with van der Waals surface area (Å²) in [7, 11) is 0. The predicted molar refractivity (Wildman–Crippen MR) is 41.7 cm³/mol. The maximum Gasteiger partial charge on any atom is 0.152 e. The molecule has 1 nitrogen and oxygen atoms in total. The molecule has 0 saturated carbocycles. The van der Waals surface area contributed by atoms with Gasteiger partial charge in [0.05, 0.1) is 0 Å². The third kappa shape index (κ3) is 1.03. The molecule has 2 aromatic rings. The molecule has 1 aromatic heterocycles. The Balaban J connectivity index is 2.89. The number of halogens is 2. The lowest BCUT2D eigenvalue weighted by Crippen LogP contribution is -1.85. The second kappa shape index (κ2) is 2.52. The summed E-state index contributed by atoms with van der Waals surface area (Å²) in [5, 5.41) is 0.481. The number of hydrogen-bond acceptors (Lipinski definition) is 1. The van der Waals surface area contributed by atoms with Crippen molar-refractivity contribution in [1.29, 1.82) is 0 Å². The van der Waals surface area contributed by atoms with Crippen LogP contribution in [0.2, 0.25) is 0 Å². The van der Waals surface area contributed by atoms with Crippen molar-refractivity contribution < 1.29 is 8.78 Å². The third-order valence-electron chi connectivity index (χ3n) is 1.62. The highest BCUT2D eigenvalue weighted by molar-refractivity contribution is 5.78. The van der Waals surface area contributed by atoms with E-state index in [-0.39, 0.29) is 5.52 Å². The Bertz CT molecular complexity index is 426. The zero-order valence-electron chi connectivity index (χ0n) is 6.09. The normalized spacial score (nSPS) is 10.5. The van der Waals surface area contributed by atoms with Crippen molar-refractivity contribution in [2.24, 2.45) is 0 Å². The number of fused-ring (bicyclic) bond motifs is 1. The lowest BCUT2D eigenvalue weighted by Gasteiger charge is -1.96. The van der Waals surface area contributed by atoms with Gasteiger partial charge in [-0.2, -0.15) is 0 Å². The van der Waals surface area contributed by atoms with Crippen LogP contribution < -0.4 is 0 Å². The summed E-state index contributed by atoms with van der Waals surface area (Å²) in [6.07, 6.45) is 1.48. The van der Waals surface area contributed by atoms with Gasteiger partial charge in [0.1, 0.15) is 11.3 Å². The van der Waals surface area contributed by atoms with Gasteiger partial charge in [-0.05, 0) is 12.1 Å². The van der Waals surface area contributed by atoms with Gasteiger partial charge in [0.25, 0.3) is 0 Å². The van der Waals surface area contributed by atoms with Gasteiger partial charge in [-0.25, -0.2) is 8.78 Å². The minimum absolute atomic E-state index is 0.207. The third-order valence-corrected chi connectivity index (χ3v) is 1.62. The van der Waals surface area contributed by atoms with Crippen LogP contribution in [0.3, 0.4) is 0 Å². The molecule has 0 saturated heterocycles. The lowest BCUT2D eigenvalue weighted by molar-refractivity contribution is 0.590. The van der Waals surface area contributed by atoms with E-state index in [9.17, 15) is 8.78 Å². The molecule has 60 valence electrons. The summed E-state index contributed by atoms with van der Waals surface area (Å²) >= 11 is 0. The van der Waals surface area contributed by atoms with Crippen LogP contribution in [-0.2, 0) is 0 Å². The fourth-order valence-corrected chi connectivity index (χ4v) is 1.11. The molecule has 1 heterocycles. The van der Waals surface area contributed by atoms with Crippen LogP contribution in [0.5, 0.6) is 0 Å². The fraction of sp³-hybridized carbons (Fsp3) is 0. The van der Waals surface area contributed by atoms with Gasteiger partial charge in [0.2, 0.25) is 0 Å². The van der Waals surface area contributed by atoms with Crippen molar-refractivity contribution >= 4 is 10.9 Å². The van der Waals surface area contributed by atoms with Gasteiger partial charge in [0.15, 0.2) is 5.82 Å². The summed E-state index contributed by atoms with van der Waals surface area (Å²) in [5.74, 6) is -1.20. The maximum absolute atomic E-state index is 12.9. The summed E-state index contributed by atoms with van der Waals surface area (Å²) in [6.45, 7) is 0. The Morgan fingerprint density at radius 2 is 2.00 bits per heavy atom. The molecule has 0 amide bonds. The number of hydrogen-bond donors (Lipinski definition) is 0. The van der Waals surface area contributed by atoms with E-state index in [1.165, 1.54) is 12.3 Å². The smallest absolute Gasteiger partial charge is 0.152 e. The molecule has 0 spiro atoms. The first-order valence-electron chi connectivity index (χ1n) is 3.47. The van der Waals surface area contributed by atoms with E-state index >= 15 is 0 Å². The van der Waals surface area contributed by atoms with E-state index in [1.54, 1.807) is 12.1 Å². The van der Waals surface area contributed by atoms with E-state index in [1.807, 2.05) is 0 Å². The van der Waals surface area contributed by atoms with Crippen molar-refractivity contribution in [3.05, 3.63) is 42.1 Å². The van der Waals surface area contributed by atoms with Crippen LogP contribution in [0.1, 0.15) is 0 Å². The largest absolute Gasteiger partial charge is 0.253 e. The molecule has 0 N–H and O–H groups in total. The van der Waals surface area contributed by atoms with E-state index in [4.69, 9.17) is 0 Å². The van der Waals surface area contributed by atoms with Crippen molar-refractivity contribution in [3.8, 4) is 0 Å². The minimum Gasteiger partial charge on any atom is -0.253 e. The van der Waals surface area contributed by atoms with Crippen molar-refractivity contribution in [2.75, 3.05) is 0 Å². The van der Waals surface area contributed by atoms with Crippen molar-refractivity contribution in [1.82, 2.24) is 4.98 Å². The Morgan fingerprint density at radius 1 is 1.17 bits per heavy atom. The molecular formula is C9H5F2N. The van der Waals surface area contributed by atoms with Gasteiger partial charge in [-0.15, -0.1) is 0 Å². The number of benzene rings is 1. The van der Waals surface area contributed by atoms with Crippen LogP contribution in [0.4, 0.5) is 8.78 Å². The van der Waals surface area contributed by atoms with Gasteiger partial charge >= 0.3 is 0 Å². The molecule has 0 fully saturated rings. The molecule has 1 aromatic carbocycles. The van der Waals surface area contributed by atoms with E-state index in [2.05, 4.69) is 4.98 Å². The molecular weight excluding hydrogens is 160 g/mol. The Hall–Kier alpha value is -1.51. The zero-order valence-corrected chi connectivity index (χ0v) is 6.09. The number of rotatable bonds is 0.